The van der Waals surface area contributed by atoms with Crippen molar-refractivity contribution < 1.29 is 9.53 Å². The van der Waals surface area contributed by atoms with Gasteiger partial charge in [0.05, 0.1) is 11.6 Å². The van der Waals surface area contributed by atoms with Gasteiger partial charge in [-0.05, 0) is 31.9 Å². The van der Waals surface area contributed by atoms with Crippen LogP contribution in [0.15, 0.2) is 18.2 Å². The topological polar surface area (TPSA) is 50.1 Å². The fraction of sp³-hybridized carbons (Fsp3) is 0.385. The molecule has 0 unspecified atom stereocenters. The molecule has 4 heteroatoms. The van der Waals surface area contributed by atoms with Crippen LogP contribution in [0.1, 0.15) is 31.7 Å². The van der Waals surface area contributed by atoms with Gasteiger partial charge in [-0.2, -0.15) is 5.26 Å². The molecule has 0 fully saturated rings. The maximum Gasteiger partial charge on any atom is 0.138 e. The number of Topliss-reactive ketones (excluding diaryl/α,β-unsaturated/α-hetero) is 1. The maximum absolute atomic E-state index is 10.7. The number of rotatable bonds is 6. The zero-order chi connectivity index (χ0) is 12.7. The van der Waals surface area contributed by atoms with Crippen molar-refractivity contribution in [3.63, 3.8) is 0 Å². The fourth-order valence-electron chi connectivity index (χ4n) is 1.39. The summed E-state index contributed by atoms with van der Waals surface area (Å²) in [5.41, 5.74) is 0.362. The van der Waals surface area contributed by atoms with E-state index < -0.39 is 0 Å². The molecule has 0 aliphatic rings. The summed E-state index contributed by atoms with van der Waals surface area (Å²) < 4.78 is 5.47. The molecule has 1 aromatic rings. The van der Waals surface area contributed by atoms with E-state index in [1.807, 2.05) is 6.07 Å². The second-order valence-corrected chi connectivity index (χ2v) is 4.14. The Balaban J connectivity index is 2.45. The molecule has 1 rings (SSSR count). The SMILES string of the molecule is CC(=O)CCCCOc1cccc(Cl)c1C#N. The third-order valence-electron chi connectivity index (χ3n) is 2.27. The van der Waals surface area contributed by atoms with Gasteiger partial charge in [0.15, 0.2) is 0 Å². The molecule has 0 atom stereocenters. The third kappa shape index (κ3) is 4.46. The molecule has 1 aromatic carbocycles. The summed E-state index contributed by atoms with van der Waals surface area (Å²) in [7, 11) is 0. The number of carbonyl (C=O) groups excluding carboxylic acids is 1. The Morgan fingerprint density at radius 2 is 2.24 bits per heavy atom. The molecule has 0 heterocycles. The highest BCUT2D eigenvalue weighted by molar-refractivity contribution is 6.31. The van der Waals surface area contributed by atoms with Crippen LogP contribution in [-0.2, 0) is 4.79 Å². The van der Waals surface area contributed by atoms with Gasteiger partial charge in [-0.15, -0.1) is 0 Å². The van der Waals surface area contributed by atoms with Gasteiger partial charge in [-0.3, -0.25) is 0 Å². The van der Waals surface area contributed by atoms with Gasteiger partial charge < -0.3 is 9.53 Å². The van der Waals surface area contributed by atoms with Gasteiger partial charge in [0.2, 0.25) is 0 Å². The largest absolute Gasteiger partial charge is 0.492 e. The first kappa shape index (κ1) is 13.5. The summed E-state index contributed by atoms with van der Waals surface area (Å²) in [5.74, 6) is 0.688. The number of nitriles is 1. The van der Waals surface area contributed by atoms with Crippen LogP contribution in [-0.4, -0.2) is 12.4 Å². The molecule has 0 spiro atoms. The van der Waals surface area contributed by atoms with E-state index in [1.54, 1.807) is 25.1 Å². The number of ether oxygens (including phenoxy) is 1. The first-order chi connectivity index (χ1) is 8.15. The van der Waals surface area contributed by atoms with Gasteiger partial charge >= 0.3 is 0 Å². The number of nitrogens with zero attached hydrogens (tertiary/aromatic N) is 1. The summed E-state index contributed by atoms with van der Waals surface area (Å²) in [6.07, 6.45) is 2.17. The van der Waals surface area contributed by atoms with Gasteiger partial charge in [-0.1, -0.05) is 17.7 Å². The van der Waals surface area contributed by atoms with Crippen molar-refractivity contribution in [1.29, 1.82) is 5.26 Å². The molecule has 0 saturated heterocycles. The number of benzene rings is 1. The Labute approximate surface area is 106 Å². The van der Waals surface area contributed by atoms with E-state index in [-0.39, 0.29) is 5.78 Å². The van der Waals surface area contributed by atoms with E-state index >= 15 is 0 Å². The highest BCUT2D eigenvalue weighted by atomic mass is 35.5. The maximum atomic E-state index is 10.7. The Morgan fingerprint density at radius 3 is 2.88 bits per heavy atom. The highest BCUT2D eigenvalue weighted by Crippen LogP contribution is 2.25. The van der Waals surface area contributed by atoms with Crippen molar-refractivity contribution in [3.8, 4) is 11.8 Å². The van der Waals surface area contributed by atoms with Crippen LogP contribution in [0.4, 0.5) is 0 Å². The van der Waals surface area contributed by atoms with Gasteiger partial charge in [-0.25, -0.2) is 0 Å². The monoisotopic (exact) mass is 251 g/mol. The summed E-state index contributed by atoms with van der Waals surface area (Å²) in [6.45, 7) is 2.06. The average molecular weight is 252 g/mol. The molecule has 0 radical (unpaired) electrons. The van der Waals surface area contributed by atoms with Crippen LogP contribution in [0.25, 0.3) is 0 Å². The molecule has 0 bridgehead atoms. The summed E-state index contributed by atoms with van der Waals surface area (Å²) in [6, 6.07) is 7.13. The molecule has 0 N–H and O–H groups in total. The summed E-state index contributed by atoms with van der Waals surface area (Å²) in [5, 5.41) is 9.31. The van der Waals surface area contributed by atoms with Gasteiger partial charge in [0.1, 0.15) is 23.2 Å². The molecule has 17 heavy (non-hydrogen) atoms. The highest BCUT2D eigenvalue weighted by Gasteiger charge is 2.06. The number of unbranched alkanes of at least 4 members (excludes halogenated alkanes) is 1. The lowest BCUT2D eigenvalue weighted by Crippen LogP contribution is -2.00. The minimum Gasteiger partial charge on any atom is -0.492 e. The minimum absolute atomic E-state index is 0.186. The number of hydrogen-bond acceptors (Lipinski definition) is 3. The average Bonchev–Trinajstić information content (AvgIpc) is 2.28. The molecule has 0 aromatic heterocycles. The molecule has 3 nitrogen and oxygen atoms in total. The van der Waals surface area contributed by atoms with E-state index in [0.717, 1.165) is 12.8 Å². The lowest BCUT2D eigenvalue weighted by atomic mass is 10.2. The van der Waals surface area contributed by atoms with Crippen LogP contribution in [0.3, 0.4) is 0 Å². The molecule has 90 valence electrons. The molecular weight excluding hydrogens is 238 g/mol. The lowest BCUT2D eigenvalue weighted by Gasteiger charge is -2.08. The second-order valence-electron chi connectivity index (χ2n) is 3.73. The van der Waals surface area contributed by atoms with Crippen LogP contribution >= 0.6 is 11.6 Å². The number of halogens is 1. The lowest BCUT2D eigenvalue weighted by molar-refractivity contribution is -0.117. The number of carbonyl (C=O) groups is 1. The zero-order valence-electron chi connectivity index (χ0n) is 9.70. The van der Waals surface area contributed by atoms with Crippen molar-refractivity contribution in [3.05, 3.63) is 28.8 Å². The van der Waals surface area contributed by atoms with Crippen LogP contribution in [0.5, 0.6) is 5.75 Å². The third-order valence-corrected chi connectivity index (χ3v) is 2.58. The van der Waals surface area contributed by atoms with Crippen LogP contribution < -0.4 is 4.74 Å². The predicted octanol–water partition coefficient (Wildman–Crippen LogP) is 3.35. The first-order valence-electron chi connectivity index (χ1n) is 5.46. The second kappa shape index (κ2) is 6.93. The van der Waals surface area contributed by atoms with Crippen molar-refractivity contribution in [2.45, 2.75) is 26.2 Å². The Bertz CT molecular complexity index is 438. The van der Waals surface area contributed by atoms with Crippen LogP contribution in [0, 0.1) is 11.3 Å². The van der Waals surface area contributed by atoms with Crippen molar-refractivity contribution in [2.24, 2.45) is 0 Å². The Kier molecular flexibility index (Phi) is 5.51. The van der Waals surface area contributed by atoms with Gasteiger partial charge in [0.25, 0.3) is 0 Å². The minimum atomic E-state index is 0.186. The van der Waals surface area contributed by atoms with E-state index in [2.05, 4.69) is 0 Å². The van der Waals surface area contributed by atoms with E-state index in [9.17, 15) is 4.79 Å². The van der Waals surface area contributed by atoms with Crippen LogP contribution in [0.2, 0.25) is 5.02 Å². The molecule has 0 saturated carbocycles. The fourth-order valence-corrected chi connectivity index (χ4v) is 1.60. The standard InChI is InChI=1S/C13H14ClNO2/c1-10(16)5-2-3-8-17-13-7-4-6-12(14)11(13)9-15/h4,6-7H,2-3,5,8H2,1H3. The van der Waals surface area contributed by atoms with E-state index in [0.29, 0.717) is 29.4 Å². The summed E-state index contributed by atoms with van der Waals surface area (Å²) >= 11 is 5.86. The molecule has 0 aliphatic carbocycles. The van der Waals surface area contributed by atoms with Crippen molar-refractivity contribution in [1.82, 2.24) is 0 Å². The Hall–Kier alpha value is -1.53. The molecule has 0 aliphatic heterocycles. The van der Waals surface area contributed by atoms with Gasteiger partial charge in [0, 0.05) is 6.42 Å². The number of ketones is 1. The Morgan fingerprint density at radius 1 is 1.47 bits per heavy atom. The predicted molar refractivity (Wildman–Crippen MR) is 66.2 cm³/mol. The van der Waals surface area contributed by atoms with Crippen molar-refractivity contribution >= 4 is 17.4 Å². The summed E-state index contributed by atoms with van der Waals surface area (Å²) in [4.78, 5) is 10.7. The first-order valence-corrected chi connectivity index (χ1v) is 5.84. The quantitative estimate of drug-likeness (QED) is 0.729. The smallest absolute Gasteiger partial charge is 0.138 e. The zero-order valence-corrected chi connectivity index (χ0v) is 10.5. The van der Waals surface area contributed by atoms with E-state index in [1.165, 1.54) is 0 Å². The normalized spacial score (nSPS) is 9.71. The molecular formula is C13H14ClNO2. The van der Waals surface area contributed by atoms with E-state index in [4.69, 9.17) is 21.6 Å². The molecule has 0 amide bonds. The van der Waals surface area contributed by atoms with Crippen molar-refractivity contribution in [2.75, 3.05) is 6.61 Å². The number of hydrogen-bond donors (Lipinski definition) is 0.